The highest BCUT2D eigenvalue weighted by molar-refractivity contribution is 7.81. The molecule has 0 bridgehead atoms. The number of carbonyl (C=O) groups is 1. The van der Waals surface area contributed by atoms with Crippen molar-refractivity contribution >= 4 is 24.2 Å². The SMILES string of the molecule is O=C(Nc1cccc(F)c1)C(S)Cc1ccccc1. The van der Waals surface area contributed by atoms with Gasteiger partial charge in [0.05, 0.1) is 5.25 Å². The number of rotatable bonds is 4. The minimum absolute atomic E-state index is 0.238. The number of nitrogens with one attached hydrogen (secondary N) is 1. The first kappa shape index (κ1) is 13.6. The fraction of sp³-hybridized carbons (Fsp3) is 0.133. The quantitative estimate of drug-likeness (QED) is 0.824. The molecule has 2 nitrogen and oxygen atoms in total. The second kappa shape index (κ2) is 6.38. The van der Waals surface area contributed by atoms with E-state index in [4.69, 9.17) is 0 Å². The Morgan fingerprint density at radius 1 is 1.16 bits per heavy atom. The van der Waals surface area contributed by atoms with Crippen molar-refractivity contribution in [2.75, 3.05) is 5.32 Å². The Morgan fingerprint density at radius 3 is 2.58 bits per heavy atom. The van der Waals surface area contributed by atoms with Crippen molar-refractivity contribution in [3.63, 3.8) is 0 Å². The zero-order valence-electron chi connectivity index (χ0n) is 10.2. The molecule has 1 N–H and O–H groups in total. The van der Waals surface area contributed by atoms with E-state index in [1.807, 2.05) is 30.3 Å². The highest BCUT2D eigenvalue weighted by Crippen LogP contribution is 2.13. The van der Waals surface area contributed by atoms with Gasteiger partial charge in [-0.2, -0.15) is 12.6 Å². The van der Waals surface area contributed by atoms with Gasteiger partial charge in [0, 0.05) is 5.69 Å². The van der Waals surface area contributed by atoms with Gasteiger partial charge in [-0.1, -0.05) is 36.4 Å². The number of thiol groups is 1. The van der Waals surface area contributed by atoms with Crippen LogP contribution in [0, 0.1) is 5.82 Å². The van der Waals surface area contributed by atoms with Crippen LogP contribution in [0.5, 0.6) is 0 Å². The van der Waals surface area contributed by atoms with E-state index in [0.29, 0.717) is 12.1 Å². The molecule has 0 aromatic heterocycles. The summed E-state index contributed by atoms with van der Waals surface area (Å²) in [6.07, 6.45) is 0.533. The van der Waals surface area contributed by atoms with Crippen molar-refractivity contribution in [1.29, 1.82) is 0 Å². The summed E-state index contributed by atoms with van der Waals surface area (Å²) >= 11 is 4.29. The van der Waals surface area contributed by atoms with Crippen molar-refractivity contribution in [3.05, 3.63) is 66.0 Å². The maximum atomic E-state index is 13.0. The van der Waals surface area contributed by atoms with E-state index < -0.39 is 5.25 Å². The van der Waals surface area contributed by atoms with Crippen LogP contribution < -0.4 is 5.32 Å². The molecule has 0 saturated heterocycles. The predicted molar refractivity (Wildman–Crippen MR) is 77.9 cm³/mol. The first-order valence-electron chi connectivity index (χ1n) is 5.93. The standard InChI is InChI=1S/C15H14FNOS/c16-12-7-4-8-13(10-12)17-15(18)14(19)9-11-5-2-1-3-6-11/h1-8,10,14,19H,9H2,(H,17,18). The van der Waals surface area contributed by atoms with E-state index in [2.05, 4.69) is 17.9 Å². The van der Waals surface area contributed by atoms with Gasteiger partial charge in [0.1, 0.15) is 5.82 Å². The molecule has 0 fully saturated rings. The van der Waals surface area contributed by atoms with Crippen LogP contribution in [0.25, 0.3) is 0 Å². The number of anilines is 1. The van der Waals surface area contributed by atoms with Gasteiger partial charge >= 0.3 is 0 Å². The number of hydrogen-bond acceptors (Lipinski definition) is 2. The molecule has 0 saturated carbocycles. The molecule has 2 aromatic rings. The molecule has 0 heterocycles. The topological polar surface area (TPSA) is 29.1 Å². The highest BCUT2D eigenvalue weighted by atomic mass is 32.1. The lowest BCUT2D eigenvalue weighted by Crippen LogP contribution is -2.25. The predicted octanol–water partition coefficient (Wildman–Crippen LogP) is 3.31. The molecule has 1 atom stereocenters. The molecule has 1 amide bonds. The van der Waals surface area contributed by atoms with Crippen molar-refractivity contribution < 1.29 is 9.18 Å². The van der Waals surface area contributed by atoms with Crippen LogP contribution in [-0.4, -0.2) is 11.2 Å². The fourth-order valence-electron chi connectivity index (χ4n) is 1.72. The van der Waals surface area contributed by atoms with Crippen molar-refractivity contribution in [1.82, 2.24) is 0 Å². The third kappa shape index (κ3) is 4.10. The maximum Gasteiger partial charge on any atom is 0.237 e. The van der Waals surface area contributed by atoms with Gasteiger partial charge in [0.15, 0.2) is 0 Å². The summed E-state index contributed by atoms with van der Waals surface area (Å²) in [7, 11) is 0. The van der Waals surface area contributed by atoms with Crippen molar-refractivity contribution in [2.24, 2.45) is 0 Å². The third-order valence-corrected chi connectivity index (χ3v) is 3.08. The molecule has 0 radical (unpaired) electrons. The smallest absolute Gasteiger partial charge is 0.237 e. The van der Waals surface area contributed by atoms with E-state index in [1.165, 1.54) is 12.1 Å². The minimum atomic E-state index is -0.467. The summed E-state index contributed by atoms with van der Waals surface area (Å²) in [6, 6.07) is 15.4. The monoisotopic (exact) mass is 275 g/mol. The molecule has 0 aliphatic heterocycles. The van der Waals surface area contributed by atoms with Crippen LogP contribution in [0.1, 0.15) is 5.56 Å². The van der Waals surface area contributed by atoms with E-state index >= 15 is 0 Å². The molecule has 1 unspecified atom stereocenters. The zero-order valence-corrected chi connectivity index (χ0v) is 11.1. The average Bonchev–Trinajstić information content (AvgIpc) is 2.40. The summed E-state index contributed by atoms with van der Waals surface area (Å²) in [5.41, 5.74) is 1.48. The van der Waals surface area contributed by atoms with E-state index in [1.54, 1.807) is 12.1 Å². The number of benzene rings is 2. The Kier molecular flexibility index (Phi) is 4.58. The van der Waals surface area contributed by atoms with E-state index in [9.17, 15) is 9.18 Å². The summed E-state index contributed by atoms with van der Waals surface area (Å²) in [5.74, 6) is -0.616. The lowest BCUT2D eigenvalue weighted by molar-refractivity contribution is -0.115. The summed E-state index contributed by atoms with van der Waals surface area (Å²) < 4.78 is 13.0. The molecule has 19 heavy (non-hydrogen) atoms. The minimum Gasteiger partial charge on any atom is -0.325 e. The van der Waals surface area contributed by atoms with Crippen LogP contribution in [0.15, 0.2) is 54.6 Å². The fourth-order valence-corrected chi connectivity index (χ4v) is 2.00. The molecule has 2 aromatic carbocycles. The Morgan fingerprint density at radius 2 is 1.89 bits per heavy atom. The number of hydrogen-bond donors (Lipinski definition) is 2. The number of carbonyl (C=O) groups excluding carboxylic acids is 1. The largest absolute Gasteiger partial charge is 0.325 e. The Balaban J connectivity index is 1.96. The van der Waals surface area contributed by atoms with Gasteiger partial charge in [-0.05, 0) is 30.2 Å². The molecule has 2 rings (SSSR count). The highest BCUT2D eigenvalue weighted by Gasteiger charge is 2.14. The Hall–Kier alpha value is -1.81. The average molecular weight is 275 g/mol. The van der Waals surface area contributed by atoms with Crippen LogP contribution in [0.4, 0.5) is 10.1 Å². The number of halogens is 1. The molecule has 0 aliphatic carbocycles. The summed E-state index contributed by atoms with van der Waals surface area (Å²) in [6.45, 7) is 0. The number of amides is 1. The van der Waals surface area contributed by atoms with Crippen LogP contribution in [-0.2, 0) is 11.2 Å². The second-order valence-corrected chi connectivity index (χ2v) is 4.83. The lowest BCUT2D eigenvalue weighted by Gasteiger charge is -2.11. The molecular formula is C15H14FNOS. The van der Waals surface area contributed by atoms with Gasteiger partial charge in [-0.25, -0.2) is 4.39 Å². The van der Waals surface area contributed by atoms with Crippen LogP contribution in [0.2, 0.25) is 0 Å². The summed E-state index contributed by atoms with van der Waals surface area (Å²) in [4.78, 5) is 11.9. The lowest BCUT2D eigenvalue weighted by atomic mass is 10.1. The van der Waals surface area contributed by atoms with E-state index in [0.717, 1.165) is 5.56 Å². The van der Waals surface area contributed by atoms with E-state index in [-0.39, 0.29) is 11.7 Å². The first-order chi connectivity index (χ1) is 9.15. The normalized spacial score (nSPS) is 11.9. The molecular weight excluding hydrogens is 261 g/mol. The first-order valence-corrected chi connectivity index (χ1v) is 6.45. The Bertz CT molecular complexity index is 559. The molecule has 98 valence electrons. The zero-order chi connectivity index (χ0) is 13.7. The van der Waals surface area contributed by atoms with Crippen LogP contribution in [0.3, 0.4) is 0 Å². The van der Waals surface area contributed by atoms with Crippen LogP contribution >= 0.6 is 12.6 Å². The molecule has 0 aliphatic rings. The maximum absolute atomic E-state index is 13.0. The molecule has 4 heteroatoms. The summed E-state index contributed by atoms with van der Waals surface area (Å²) in [5, 5.41) is 2.18. The Labute approximate surface area is 117 Å². The second-order valence-electron chi connectivity index (χ2n) is 4.21. The van der Waals surface area contributed by atoms with Gasteiger partial charge in [0.25, 0.3) is 0 Å². The van der Waals surface area contributed by atoms with Crippen molar-refractivity contribution in [2.45, 2.75) is 11.7 Å². The molecule has 0 spiro atoms. The third-order valence-electron chi connectivity index (χ3n) is 2.67. The van der Waals surface area contributed by atoms with Gasteiger partial charge in [-0.3, -0.25) is 4.79 Å². The van der Waals surface area contributed by atoms with Crippen molar-refractivity contribution in [3.8, 4) is 0 Å². The van der Waals surface area contributed by atoms with Gasteiger partial charge in [0.2, 0.25) is 5.91 Å². The van der Waals surface area contributed by atoms with Gasteiger partial charge < -0.3 is 5.32 Å². The van der Waals surface area contributed by atoms with Gasteiger partial charge in [-0.15, -0.1) is 0 Å².